The maximum atomic E-state index is 12.9. The lowest BCUT2D eigenvalue weighted by molar-refractivity contribution is -0.159. The van der Waals surface area contributed by atoms with E-state index in [0.29, 0.717) is 5.92 Å². The fraction of sp³-hybridized carbons (Fsp3) is 0.974. The van der Waals surface area contributed by atoms with Crippen molar-refractivity contribution in [2.24, 2.45) is 23.2 Å². The molecule has 0 aromatic carbocycles. The van der Waals surface area contributed by atoms with Gasteiger partial charge in [-0.3, -0.25) is 4.79 Å². The van der Waals surface area contributed by atoms with E-state index in [4.69, 9.17) is 0 Å². The monoisotopic (exact) mass is 579 g/mol. The summed E-state index contributed by atoms with van der Waals surface area (Å²) in [5, 5.41) is 10.6. The van der Waals surface area contributed by atoms with Crippen molar-refractivity contribution >= 4 is 5.97 Å². The third-order valence-electron chi connectivity index (χ3n) is 10.2. The van der Waals surface area contributed by atoms with Crippen LogP contribution in [0.25, 0.3) is 0 Å². The SMILES string of the molecule is CCCCCCCCCCCCCCCC(C(C)C)C(CCCCCCCCCCCCCCC)(C(=O)O)C(C)C. The number of aliphatic carboxylic acids is 1. The standard InChI is InChI=1S/C39H78O2/c1-7-9-11-13-15-17-19-21-23-25-27-29-31-33-37(35(3)4)39(36(5)6,38(40)41)34-32-30-28-26-24-22-20-18-16-14-12-10-8-2/h35-37H,7-34H2,1-6H3,(H,40,41). The van der Waals surface area contributed by atoms with E-state index in [1.807, 2.05) is 0 Å². The highest BCUT2D eigenvalue weighted by Gasteiger charge is 2.48. The predicted octanol–water partition coefficient (Wildman–Crippen LogP) is 13.9. The van der Waals surface area contributed by atoms with Crippen LogP contribution in [0.15, 0.2) is 0 Å². The van der Waals surface area contributed by atoms with E-state index in [0.717, 1.165) is 19.3 Å². The van der Waals surface area contributed by atoms with Crippen LogP contribution < -0.4 is 0 Å². The molecule has 41 heavy (non-hydrogen) atoms. The van der Waals surface area contributed by atoms with Crippen LogP contribution in [0.1, 0.15) is 221 Å². The van der Waals surface area contributed by atoms with Crippen molar-refractivity contribution in [1.29, 1.82) is 0 Å². The molecule has 0 rings (SSSR count). The molecule has 0 bridgehead atoms. The van der Waals surface area contributed by atoms with Crippen molar-refractivity contribution in [3.05, 3.63) is 0 Å². The summed E-state index contributed by atoms with van der Waals surface area (Å²) >= 11 is 0. The molecule has 0 aromatic rings. The lowest BCUT2D eigenvalue weighted by Gasteiger charge is -2.43. The molecular weight excluding hydrogens is 500 g/mol. The third kappa shape index (κ3) is 20.1. The number of hydrogen-bond acceptors (Lipinski definition) is 1. The second kappa shape index (κ2) is 28.3. The van der Waals surface area contributed by atoms with Crippen LogP contribution in [-0.2, 0) is 4.79 Å². The maximum Gasteiger partial charge on any atom is 0.310 e. The minimum Gasteiger partial charge on any atom is -0.481 e. The van der Waals surface area contributed by atoms with Gasteiger partial charge < -0.3 is 5.11 Å². The van der Waals surface area contributed by atoms with Gasteiger partial charge in [-0.1, -0.05) is 208 Å². The minimum absolute atomic E-state index is 0.187. The molecule has 246 valence electrons. The highest BCUT2D eigenvalue weighted by atomic mass is 16.4. The van der Waals surface area contributed by atoms with Crippen molar-refractivity contribution in [2.75, 3.05) is 0 Å². The molecule has 0 aromatic heterocycles. The first-order chi connectivity index (χ1) is 19.8. The normalized spacial score (nSPS) is 14.1. The van der Waals surface area contributed by atoms with Gasteiger partial charge in [-0.2, -0.15) is 0 Å². The Bertz CT molecular complexity index is 554. The Labute approximate surface area is 260 Å². The van der Waals surface area contributed by atoms with Crippen LogP contribution in [0.4, 0.5) is 0 Å². The zero-order valence-corrected chi connectivity index (χ0v) is 29.4. The van der Waals surface area contributed by atoms with E-state index in [9.17, 15) is 9.90 Å². The Hall–Kier alpha value is -0.530. The van der Waals surface area contributed by atoms with Gasteiger partial charge >= 0.3 is 5.97 Å². The molecule has 2 heteroatoms. The van der Waals surface area contributed by atoms with Gasteiger partial charge in [0.15, 0.2) is 0 Å². The van der Waals surface area contributed by atoms with Gasteiger partial charge in [-0.15, -0.1) is 0 Å². The van der Waals surface area contributed by atoms with Gasteiger partial charge in [0.25, 0.3) is 0 Å². The second-order valence-electron chi connectivity index (χ2n) is 14.4. The summed E-state index contributed by atoms with van der Waals surface area (Å²) in [6.45, 7) is 13.5. The Kier molecular flexibility index (Phi) is 27.9. The van der Waals surface area contributed by atoms with Crippen LogP contribution >= 0.6 is 0 Å². The summed E-state index contributed by atoms with van der Waals surface area (Å²) in [4.78, 5) is 12.9. The van der Waals surface area contributed by atoms with Crippen molar-refractivity contribution in [2.45, 2.75) is 221 Å². The zero-order chi connectivity index (χ0) is 30.6. The first-order valence-electron chi connectivity index (χ1n) is 19.1. The molecule has 0 aliphatic rings. The quantitative estimate of drug-likeness (QED) is 0.0806. The van der Waals surface area contributed by atoms with E-state index >= 15 is 0 Å². The van der Waals surface area contributed by atoms with Gasteiger partial charge in [-0.05, 0) is 30.6 Å². The number of rotatable bonds is 32. The van der Waals surface area contributed by atoms with Gasteiger partial charge in [0, 0.05) is 0 Å². The molecule has 0 fully saturated rings. The minimum atomic E-state index is -0.566. The van der Waals surface area contributed by atoms with Crippen LogP contribution in [0, 0.1) is 23.2 Å². The second-order valence-corrected chi connectivity index (χ2v) is 14.4. The van der Waals surface area contributed by atoms with Crippen LogP contribution in [0.5, 0.6) is 0 Å². The van der Waals surface area contributed by atoms with Gasteiger partial charge in [0.1, 0.15) is 0 Å². The Balaban J connectivity index is 4.30. The summed E-state index contributed by atoms with van der Waals surface area (Å²) in [5.74, 6) is 0.365. The lowest BCUT2D eigenvalue weighted by Crippen LogP contribution is -2.45. The molecule has 1 N–H and O–H groups in total. The third-order valence-corrected chi connectivity index (χ3v) is 10.2. The van der Waals surface area contributed by atoms with E-state index in [1.54, 1.807) is 0 Å². The Morgan fingerprint density at radius 2 is 0.780 bits per heavy atom. The van der Waals surface area contributed by atoms with Gasteiger partial charge in [0.05, 0.1) is 5.41 Å². The fourth-order valence-electron chi connectivity index (χ4n) is 7.42. The van der Waals surface area contributed by atoms with Crippen LogP contribution in [0.3, 0.4) is 0 Å². The molecule has 0 spiro atoms. The molecule has 0 saturated carbocycles. The van der Waals surface area contributed by atoms with E-state index in [2.05, 4.69) is 41.5 Å². The molecule has 0 saturated heterocycles. The van der Waals surface area contributed by atoms with E-state index in [1.165, 1.54) is 161 Å². The van der Waals surface area contributed by atoms with E-state index in [-0.39, 0.29) is 11.8 Å². The molecule has 2 nitrogen and oxygen atoms in total. The smallest absolute Gasteiger partial charge is 0.310 e. The highest BCUT2D eigenvalue weighted by Crippen LogP contribution is 2.47. The molecule has 0 aliphatic carbocycles. The molecule has 0 heterocycles. The van der Waals surface area contributed by atoms with E-state index < -0.39 is 11.4 Å². The maximum absolute atomic E-state index is 12.9. The Morgan fingerprint density at radius 3 is 1.05 bits per heavy atom. The average molecular weight is 579 g/mol. The first kappa shape index (κ1) is 40.5. The molecular formula is C39H78O2. The summed E-state index contributed by atoms with van der Waals surface area (Å²) in [6, 6.07) is 0. The summed E-state index contributed by atoms with van der Waals surface area (Å²) < 4.78 is 0. The van der Waals surface area contributed by atoms with Crippen molar-refractivity contribution < 1.29 is 9.90 Å². The fourth-order valence-corrected chi connectivity index (χ4v) is 7.42. The van der Waals surface area contributed by atoms with Crippen molar-refractivity contribution in [3.63, 3.8) is 0 Å². The molecule has 2 unspecified atom stereocenters. The lowest BCUT2D eigenvalue weighted by atomic mass is 9.60. The highest BCUT2D eigenvalue weighted by molar-refractivity contribution is 5.75. The number of carboxylic acid groups (broad SMARTS) is 1. The summed E-state index contributed by atoms with van der Waals surface area (Å²) in [5.41, 5.74) is -0.566. The molecule has 0 aliphatic heterocycles. The van der Waals surface area contributed by atoms with Crippen molar-refractivity contribution in [1.82, 2.24) is 0 Å². The summed E-state index contributed by atoms with van der Waals surface area (Å²) in [6.07, 6.45) is 37.1. The molecule has 2 atom stereocenters. The number of unbranched alkanes of at least 4 members (excludes halogenated alkanes) is 24. The van der Waals surface area contributed by atoms with Gasteiger partial charge in [-0.25, -0.2) is 0 Å². The first-order valence-corrected chi connectivity index (χ1v) is 19.1. The number of hydrogen-bond donors (Lipinski definition) is 1. The average Bonchev–Trinajstić information content (AvgIpc) is 2.93. The number of carbonyl (C=O) groups is 1. The molecule has 0 amide bonds. The van der Waals surface area contributed by atoms with Crippen LogP contribution in [0.2, 0.25) is 0 Å². The number of carboxylic acids is 1. The summed E-state index contributed by atoms with van der Waals surface area (Å²) in [7, 11) is 0. The predicted molar refractivity (Wildman–Crippen MR) is 184 cm³/mol. The van der Waals surface area contributed by atoms with Crippen molar-refractivity contribution in [3.8, 4) is 0 Å². The largest absolute Gasteiger partial charge is 0.481 e. The van der Waals surface area contributed by atoms with Crippen LogP contribution in [-0.4, -0.2) is 11.1 Å². The molecule has 0 radical (unpaired) electrons. The van der Waals surface area contributed by atoms with Gasteiger partial charge in [0.2, 0.25) is 0 Å². The topological polar surface area (TPSA) is 37.3 Å². The zero-order valence-electron chi connectivity index (χ0n) is 29.4. The Morgan fingerprint density at radius 1 is 0.488 bits per heavy atom.